The zero-order valence-electron chi connectivity index (χ0n) is 10.8. The molecule has 1 atom stereocenters. The fraction of sp³-hybridized carbons (Fsp3) is 0.538. The van der Waals surface area contributed by atoms with Crippen LogP contribution in [0.4, 0.5) is 0 Å². The van der Waals surface area contributed by atoms with E-state index < -0.39 is 0 Å². The summed E-state index contributed by atoms with van der Waals surface area (Å²) in [4.78, 5) is 8.28. The first-order valence-corrected chi connectivity index (χ1v) is 5.95. The van der Waals surface area contributed by atoms with E-state index in [2.05, 4.69) is 30.4 Å². The SMILES string of the molecule is C=CN=C(OC)c1cnc(C(CC)CCC)o1. The van der Waals surface area contributed by atoms with Gasteiger partial charge in [0, 0.05) is 12.1 Å². The Morgan fingerprint density at radius 3 is 2.94 bits per heavy atom. The van der Waals surface area contributed by atoms with Gasteiger partial charge in [0.25, 0.3) is 5.90 Å². The summed E-state index contributed by atoms with van der Waals surface area (Å²) in [7, 11) is 1.55. The molecule has 0 N–H and O–H groups in total. The van der Waals surface area contributed by atoms with Crippen molar-refractivity contribution in [2.75, 3.05) is 7.11 Å². The molecule has 0 fully saturated rings. The van der Waals surface area contributed by atoms with Crippen molar-refractivity contribution in [1.82, 2.24) is 4.98 Å². The summed E-state index contributed by atoms with van der Waals surface area (Å²) in [6, 6.07) is 0. The van der Waals surface area contributed by atoms with E-state index >= 15 is 0 Å². The summed E-state index contributed by atoms with van der Waals surface area (Å²) < 4.78 is 10.8. The van der Waals surface area contributed by atoms with E-state index in [4.69, 9.17) is 9.15 Å². The Labute approximate surface area is 102 Å². The van der Waals surface area contributed by atoms with Gasteiger partial charge in [0.2, 0.25) is 5.76 Å². The molecule has 0 saturated carbocycles. The van der Waals surface area contributed by atoms with Gasteiger partial charge in [-0.1, -0.05) is 26.8 Å². The molecule has 0 radical (unpaired) electrons. The lowest BCUT2D eigenvalue weighted by molar-refractivity contribution is 0.370. The van der Waals surface area contributed by atoms with Crippen LogP contribution in [0.3, 0.4) is 0 Å². The van der Waals surface area contributed by atoms with Gasteiger partial charge in [0.15, 0.2) is 5.89 Å². The highest BCUT2D eigenvalue weighted by atomic mass is 16.5. The molecule has 0 aliphatic heterocycles. The first-order valence-electron chi connectivity index (χ1n) is 5.95. The molecule has 4 heteroatoms. The van der Waals surface area contributed by atoms with Crippen LogP contribution < -0.4 is 0 Å². The number of rotatable bonds is 6. The monoisotopic (exact) mass is 236 g/mol. The van der Waals surface area contributed by atoms with Gasteiger partial charge in [0.1, 0.15) is 0 Å². The molecule has 0 bridgehead atoms. The van der Waals surface area contributed by atoms with Crippen LogP contribution in [0, 0.1) is 0 Å². The molecular weight excluding hydrogens is 216 g/mol. The number of aliphatic imine (C=N–C) groups is 1. The van der Waals surface area contributed by atoms with Crippen molar-refractivity contribution in [1.29, 1.82) is 0 Å². The Kier molecular flexibility index (Phi) is 5.46. The summed E-state index contributed by atoms with van der Waals surface area (Å²) in [6.45, 7) is 7.83. The van der Waals surface area contributed by atoms with Gasteiger partial charge in [-0.05, 0) is 12.8 Å². The van der Waals surface area contributed by atoms with Crippen LogP contribution in [-0.4, -0.2) is 18.0 Å². The van der Waals surface area contributed by atoms with Crippen molar-refractivity contribution in [3.05, 3.63) is 30.6 Å². The number of ether oxygens (including phenoxy) is 1. The molecule has 1 unspecified atom stereocenters. The van der Waals surface area contributed by atoms with E-state index in [1.54, 1.807) is 13.3 Å². The summed E-state index contributed by atoms with van der Waals surface area (Å²) >= 11 is 0. The molecule has 0 spiro atoms. The fourth-order valence-electron chi connectivity index (χ4n) is 1.73. The maximum atomic E-state index is 5.68. The van der Waals surface area contributed by atoms with Gasteiger partial charge >= 0.3 is 0 Å². The Balaban J connectivity index is 2.89. The second kappa shape index (κ2) is 6.89. The van der Waals surface area contributed by atoms with E-state index in [0.29, 0.717) is 17.6 Å². The third-order valence-electron chi connectivity index (χ3n) is 2.62. The molecule has 0 aromatic carbocycles. The Bertz CT molecular complexity index is 383. The van der Waals surface area contributed by atoms with Crippen LogP contribution in [0.25, 0.3) is 0 Å². The molecule has 0 aliphatic rings. The minimum absolute atomic E-state index is 0.371. The molecule has 4 nitrogen and oxygen atoms in total. The maximum Gasteiger partial charge on any atom is 0.259 e. The minimum atomic E-state index is 0.371. The lowest BCUT2D eigenvalue weighted by atomic mass is 10.0. The predicted octanol–water partition coefficient (Wildman–Crippen LogP) is 3.50. The maximum absolute atomic E-state index is 5.68. The number of aromatic nitrogens is 1. The van der Waals surface area contributed by atoms with E-state index in [9.17, 15) is 0 Å². The van der Waals surface area contributed by atoms with Crippen LogP contribution in [-0.2, 0) is 4.74 Å². The van der Waals surface area contributed by atoms with Gasteiger partial charge in [-0.25, -0.2) is 9.98 Å². The topological polar surface area (TPSA) is 47.6 Å². The van der Waals surface area contributed by atoms with Gasteiger partial charge in [0.05, 0.1) is 13.3 Å². The lowest BCUT2D eigenvalue weighted by Crippen LogP contribution is -2.01. The molecule has 1 aromatic heterocycles. The summed E-state index contributed by atoms with van der Waals surface area (Å²) in [5, 5.41) is 0. The predicted molar refractivity (Wildman–Crippen MR) is 68.2 cm³/mol. The number of methoxy groups -OCH3 is 1. The highest BCUT2D eigenvalue weighted by Crippen LogP contribution is 2.24. The van der Waals surface area contributed by atoms with Gasteiger partial charge in [-0.15, -0.1) is 0 Å². The zero-order chi connectivity index (χ0) is 12.7. The van der Waals surface area contributed by atoms with E-state index in [-0.39, 0.29) is 0 Å². The molecule has 0 saturated heterocycles. The van der Waals surface area contributed by atoms with Crippen molar-refractivity contribution in [2.24, 2.45) is 4.99 Å². The minimum Gasteiger partial charge on any atom is -0.478 e. The average Bonchev–Trinajstić information content (AvgIpc) is 2.82. The van der Waals surface area contributed by atoms with Crippen LogP contribution in [0.15, 0.2) is 28.4 Å². The number of nitrogens with zero attached hydrogens (tertiary/aromatic N) is 2. The second-order valence-corrected chi connectivity index (χ2v) is 3.78. The highest BCUT2D eigenvalue weighted by Gasteiger charge is 2.17. The fourth-order valence-corrected chi connectivity index (χ4v) is 1.73. The molecule has 1 rings (SSSR count). The molecule has 1 heterocycles. The molecule has 17 heavy (non-hydrogen) atoms. The molecule has 0 amide bonds. The van der Waals surface area contributed by atoms with Crippen molar-refractivity contribution >= 4 is 5.90 Å². The highest BCUT2D eigenvalue weighted by molar-refractivity contribution is 5.91. The first-order chi connectivity index (χ1) is 8.26. The van der Waals surface area contributed by atoms with Crippen molar-refractivity contribution in [3.8, 4) is 0 Å². The van der Waals surface area contributed by atoms with Gasteiger partial charge < -0.3 is 9.15 Å². The molecular formula is C13H20N2O2. The van der Waals surface area contributed by atoms with E-state index in [1.165, 1.54) is 6.20 Å². The van der Waals surface area contributed by atoms with Crippen molar-refractivity contribution in [2.45, 2.75) is 39.0 Å². The van der Waals surface area contributed by atoms with Gasteiger partial charge in [-0.2, -0.15) is 0 Å². The summed E-state index contributed by atoms with van der Waals surface area (Å²) in [5.41, 5.74) is 0. The second-order valence-electron chi connectivity index (χ2n) is 3.78. The van der Waals surface area contributed by atoms with Crippen LogP contribution in [0.1, 0.15) is 50.7 Å². The standard InChI is InChI=1S/C13H20N2O2/c1-5-8-10(6-2)12-15-9-11(17-12)13(16-4)14-7-3/h7,9-10H,3,5-6,8H2,1-2,4H3. The van der Waals surface area contributed by atoms with Crippen LogP contribution >= 0.6 is 0 Å². The molecule has 0 aliphatic carbocycles. The number of hydrogen-bond acceptors (Lipinski definition) is 4. The quantitative estimate of drug-likeness (QED) is 0.561. The smallest absolute Gasteiger partial charge is 0.259 e. The van der Waals surface area contributed by atoms with E-state index in [1.807, 2.05) is 0 Å². The van der Waals surface area contributed by atoms with Crippen LogP contribution in [0.5, 0.6) is 0 Å². The largest absolute Gasteiger partial charge is 0.478 e. The molecule has 94 valence electrons. The number of hydrogen-bond donors (Lipinski definition) is 0. The normalized spacial score (nSPS) is 13.5. The molecule has 1 aromatic rings. The number of oxazole rings is 1. The van der Waals surface area contributed by atoms with Crippen LogP contribution in [0.2, 0.25) is 0 Å². The third kappa shape index (κ3) is 3.44. The Hall–Kier alpha value is -1.58. The summed E-state index contributed by atoms with van der Waals surface area (Å²) in [6.07, 6.45) is 6.30. The Morgan fingerprint density at radius 1 is 1.65 bits per heavy atom. The first kappa shape index (κ1) is 13.5. The summed E-state index contributed by atoms with van der Waals surface area (Å²) in [5.74, 6) is 2.09. The lowest BCUT2D eigenvalue weighted by Gasteiger charge is -2.08. The van der Waals surface area contributed by atoms with Crippen molar-refractivity contribution < 1.29 is 9.15 Å². The van der Waals surface area contributed by atoms with Gasteiger partial charge in [-0.3, -0.25) is 0 Å². The van der Waals surface area contributed by atoms with Crippen molar-refractivity contribution in [3.63, 3.8) is 0 Å². The van der Waals surface area contributed by atoms with E-state index in [0.717, 1.165) is 25.2 Å². The zero-order valence-corrected chi connectivity index (χ0v) is 10.8. The Morgan fingerprint density at radius 2 is 2.41 bits per heavy atom. The third-order valence-corrected chi connectivity index (χ3v) is 2.62. The average molecular weight is 236 g/mol.